The molecule has 4 atom stereocenters. The van der Waals surface area contributed by atoms with Crippen molar-refractivity contribution in [2.75, 3.05) is 5.75 Å². The first-order valence-electron chi connectivity index (χ1n) is 6.40. The Balaban J connectivity index is 1.74. The molecule has 0 aromatic carbocycles. The SMILES string of the molecule is CC1(C)C2CCCC13CS1(C=CC(=O)O1)OC23. The van der Waals surface area contributed by atoms with E-state index in [1.807, 2.05) is 5.41 Å². The lowest BCUT2D eigenvalue weighted by Crippen LogP contribution is -2.67. The number of carbonyl (C=O) groups is 1. The zero-order valence-corrected chi connectivity index (χ0v) is 11.1. The summed E-state index contributed by atoms with van der Waals surface area (Å²) in [5.41, 5.74) is 0.634. The number of hydrogen-bond acceptors (Lipinski definition) is 3. The summed E-state index contributed by atoms with van der Waals surface area (Å²) >= 11 is 0. The third-order valence-corrected chi connectivity index (χ3v) is 8.07. The molecule has 1 saturated heterocycles. The van der Waals surface area contributed by atoms with Crippen LogP contribution in [0.3, 0.4) is 0 Å². The van der Waals surface area contributed by atoms with E-state index in [9.17, 15) is 4.79 Å². The second kappa shape index (κ2) is 2.75. The molecule has 94 valence electrons. The van der Waals surface area contributed by atoms with Gasteiger partial charge in [0.05, 0.1) is 11.9 Å². The quantitative estimate of drug-likeness (QED) is 0.667. The van der Waals surface area contributed by atoms with E-state index in [2.05, 4.69) is 13.8 Å². The molecule has 2 aliphatic carbocycles. The van der Waals surface area contributed by atoms with Gasteiger partial charge in [-0.25, -0.2) is 4.79 Å². The summed E-state index contributed by atoms with van der Waals surface area (Å²) in [4.78, 5) is 11.3. The summed E-state index contributed by atoms with van der Waals surface area (Å²) in [7, 11) is -1.68. The lowest BCUT2D eigenvalue weighted by atomic mass is 9.39. The number of carbonyl (C=O) groups excluding carboxylic acids is 1. The maximum absolute atomic E-state index is 11.3. The number of fused-ring (bicyclic) bond motifs is 2. The van der Waals surface area contributed by atoms with Crippen LogP contribution in [0.2, 0.25) is 0 Å². The van der Waals surface area contributed by atoms with Crippen LogP contribution in [0.5, 0.6) is 0 Å². The molecule has 0 radical (unpaired) electrons. The lowest BCUT2D eigenvalue weighted by molar-refractivity contribution is -0.219. The summed E-state index contributed by atoms with van der Waals surface area (Å²) in [6.07, 6.45) is 5.71. The number of rotatable bonds is 0. The zero-order valence-electron chi connectivity index (χ0n) is 10.3. The minimum atomic E-state index is -1.68. The van der Waals surface area contributed by atoms with Gasteiger partial charge in [-0.05, 0) is 24.2 Å². The van der Waals surface area contributed by atoms with Crippen LogP contribution in [0, 0.1) is 16.7 Å². The molecule has 4 aliphatic rings. The first kappa shape index (κ1) is 10.4. The molecule has 2 aliphatic heterocycles. The number of hydrogen-bond donors (Lipinski definition) is 0. The molecule has 4 unspecified atom stereocenters. The predicted molar refractivity (Wildman–Crippen MR) is 66.1 cm³/mol. The minimum absolute atomic E-state index is 0.218. The van der Waals surface area contributed by atoms with Crippen LogP contribution >= 0.6 is 10.6 Å². The standard InChI is InChI=1S/C13H18O3S/c1-12(2)9-4-3-6-13(12)8-17(16-11(9)13)7-5-10(14)15-17/h5,7,9,11H,3-4,6,8H2,1-2H3. The topological polar surface area (TPSA) is 35.5 Å². The van der Waals surface area contributed by atoms with E-state index in [4.69, 9.17) is 8.37 Å². The van der Waals surface area contributed by atoms with Crippen LogP contribution in [0.1, 0.15) is 33.1 Å². The Bertz CT molecular complexity index is 444. The highest BCUT2D eigenvalue weighted by Gasteiger charge is 2.75. The highest BCUT2D eigenvalue weighted by atomic mass is 32.3. The molecule has 2 spiro atoms. The van der Waals surface area contributed by atoms with Gasteiger partial charge < -0.3 is 4.18 Å². The Morgan fingerprint density at radius 2 is 2.29 bits per heavy atom. The fraction of sp³-hybridized carbons (Fsp3) is 0.769. The maximum atomic E-state index is 11.3. The average molecular weight is 254 g/mol. The molecular formula is C13H18O3S. The van der Waals surface area contributed by atoms with Crippen molar-refractivity contribution in [1.29, 1.82) is 0 Å². The van der Waals surface area contributed by atoms with Gasteiger partial charge in [0.25, 0.3) is 0 Å². The largest absolute Gasteiger partial charge is 0.353 e. The van der Waals surface area contributed by atoms with E-state index in [1.165, 1.54) is 19.3 Å². The summed E-state index contributed by atoms with van der Waals surface area (Å²) in [5, 5.41) is 1.91. The molecule has 0 amide bonds. The Hall–Kier alpha value is -0.480. The highest BCUT2D eigenvalue weighted by Crippen LogP contribution is 2.81. The first-order chi connectivity index (χ1) is 7.99. The molecule has 17 heavy (non-hydrogen) atoms. The summed E-state index contributed by atoms with van der Waals surface area (Å²) < 4.78 is 11.7. The van der Waals surface area contributed by atoms with Crippen molar-refractivity contribution < 1.29 is 13.2 Å². The van der Waals surface area contributed by atoms with E-state index in [1.54, 1.807) is 6.08 Å². The van der Waals surface area contributed by atoms with Gasteiger partial charge >= 0.3 is 5.97 Å². The molecular weight excluding hydrogens is 236 g/mol. The Labute approximate surface area is 103 Å². The van der Waals surface area contributed by atoms with Crippen LogP contribution in [0.25, 0.3) is 0 Å². The van der Waals surface area contributed by atoms with Crippen molar-refractivity contribution in [1.82, 2.24) is 0 Å². The average Bonchev–Trinajstić information content (AvgIpc) is 2.77. The second-order valence-corrected chi connectivity index (χ2v) is 8.65. The van der Waals surface area contributed by atoms with E-state index < -0.39 is 10.6 Å². The smallest absolute Gasteiger partial charge is 0.345 e. The van der Waals surface area contributed by atoms with E-state index in [0.717, 1.165) is 5.75 Å². The van der Waals surface area contributed by atoms with Crippen LogP contribution in [0.15, 0.2) is 11.5 Å². The van der Waals surface area contributed by atoms with Crippen molar-refractivity contribution in [2.45, 2.75) is 39.2 Å². The molecule has 0 aromatic heterocycles. The van der Waals surface area contributed by atoms with Crippen molar-refractivity contribution in [3.8, 4) is 0 Å². The predicted octanol–water partition coefficient (Wildman–Crippen LogP) is 2.92. The van der Waals surface area contributed by atoms with Gasteiger partial charge in [-0.15, -0.1) is 10.6 Å². The highest BCUT2D eigenvalue weighted by molar-refractivity contribution is 8.29. The Morgan fingerprint density at radius 1 is 1.47 bits per heavy atom. The van der Waals surface area contributed by atoms with Gasteiger partial charge in [0.1, 0.15) is 0 Å². The van der Waals surface area contributed by atoms with Gasteiger partial charge in [0, 0.05) is 16.9 Å². The van der Waals surface area contributed by atoms with Crippen LogP contribution in [0.4, 0.5) is 0 Å². The van der Waals surface area contributed by atoms with Crippen molar-refractivity contribution in [2.24, 2.45) is 16.7 Å². The molecule has 4 rings (SSSR count). The first-order valence-corrected chi connectivity index (χ1v) is 8.12. The monoisotopic (exact) mass is 254 g/mol. The fourth-order valence-corrected chi connectivity index (χ4v) is 7.67. The Morgan fingerprint density at radius 3 is 2.88 bits per heavy atom. The molecule has 2 heterocycles. The second-order valence-electron chi connectivity index (χ2n) is 6.41. The molecule has 4 heteroatoms. The summed E-state index contributed by atoms with van der Waals surface area (Å²) in [6.45, 7) is 4.74. The van der Waals surface area contributed by atoms with E-state index in [0.29, 0.717) is 17.4 Å². The lowest BCUT2D eigenvalue weighted by Gasteiger charge is -2.66. The van der Waals surface area contributed by atoms with Gasteiger partial charge in [0.2, 0.25) is 0 Å². The molecule has 0 N–H and O–H groups in total. The van der Waals surface area contributed by atoms with Gasteiger partial charge in [-0.1, -0.05) is 20.3 Å². The molecule has 2 bridgehead atoms. The van der Waals surface area contributed by atoms with Gasteiger partial charge in [-0.2, -0.15) is 0 Å². The third kappa shape index (κ3) is 0.990. The van der Waals surface area contributed by atoms with E-state index in [-0.39, 0.29) is 11.4 Å². The summed E-state index contributed by atoms with van der Waals surface area (Å²) in [5.74, 6) is 1.39. The van der Waals surface area contributed by atoms with E-state index >= 15 is 0 Å². The molecule has 3 fully saturated rings. The van der Waals surface area contributed by atoms with Gasteiger partial charge in [-0.3, -0.25) is 4.18 Å². The van der Waals surface area contributed by atoms with Crippen molar-refractivity contribution in [3.05, 3.63) is 11.5 Å². The van der Waals surface area contributed by atoms with Gasteiger partial charge in [0.15, 0.2) is 0 Å². The fourth-order valence-electron chi connectivity index (χ4n) is 4.57. The maximum Gasteiger partial charge on any atom is 0.353 e. The summed E-state index contributed by atoms with van der Waals surface area (Å²) in [6, 6.07) is 0. The third-order valence-electron chi connectivity index (χ3n) is 5.62. The van der Waals surface area contributed by atoms with Crippen molar-refractivity contribution >= 4 is 16.6 Å². The molecule has 2 saturated carbocycles. The van der Waals surface area contributed by atoms with Crippen LogP contribution in [-0.2, 0) is 13.2 Å². The van der Waals surface area contributed by atoms with Crippen molar-refractivity contribution in [3.63, 3.8) is 0 Å². The normalized spacial score (nSPS) is 57.2. The Kier molecular flexibility index (Phi) is 1.69. The van der Waals surface area contributed by atoms with Crippen LogP contribution in [-0.4, -0.2) is 17.8 Å². The molecule has 3 nitrogen and oxygen atoms in total. The minimum Gasteiger partial charge on any atom is -0.345 e. The molecule has 0 aromatic rings. The van der Waals surface area contributed by atoms with Crippen LogP contribution < -0.4 is 0 Å². The zero-order chi connectivity index (χ0) is 11.9.